The average molecular weight is 346 g/mol. The second-order valence-electron chi connectivity index (χ2n) is 8.73. The van der Waals surface area contributed by atoms with Crippen molar-refractivity contribution < 1.29 is 19.0 Å². The summed E-state index contributed by atoms with van der Waals surface area (Å²) in [6.07, 6.45) is 10.3. The lowest BCUT2D eigenvalue weighted by Gasteiger charge is -2.54. The zero-order chi connectivity index (χ0) is 18.0. The van der Waals surface area contributed by atoms with Crippen molar-refractivity contribution in [3.63, 3.8) is 0 Å². The van der Waals surface area contributed by atoms with Gasteiger partial charge in [-0.3, -0.25) is 4.79 Å². The van der Waals surface area contributed by atoms with Crippen molar-refractivity contribution in [1.82, 2.24) is 0 Å². The lowest BCUT2D eigenvalue weighted by atomic mass is 9.50. The van der Waals surface area contributed by atoms with E-state index in [2.05, 4.69) is 32.1 Å². The molecule has 0 aromatic carbocycles. The molecule has 8 atom stereocenters. The van der Waals surface area contributed by atoms with Crippen molar-refractivity contribution in [2.45, 2.75) is 58.4 Å². The normalized spacial score (nSPS) is 50.5. The molecule has 2 saturated carbocycles. The summed E-state index contributed by atoms with van der Waals surface area (Å²) in [5.41, 5.74) is 0.760. The van der Waals surface area contributed by atoms with Gasteiger partial charge in [-0.25, -0.2) is 4.39 Å². The number of carbonyl (C=O) groups is 1. The number of hydrogen-bond donors (Lipinski definition) is 1. The lowest BCUT2D eigenvalue weighted by Crippen LogP contribution is -2.50. The zero-order valence-corrected chi connectivity index (χ0v) is 15.1. The van der Waals surface area contributed by atoms with Gasteiger partial charge in [-0.2, -0.15) is 0 Å². The molecule has 0 heterocycles. The van der Waals surface area contributed by atoms with E-state index in [0.717, 1.165) is 12.8 Å². The van der Waals surface area contributed by atoms with E-state index in [4.69, 9.17) is 4.74 Å². The third kappa shape index (κ3) is 2.37. The van der Waals surface area contributed by atoms with Gasteiger partial charge >= 0.3 is 5.97 Å². The first kappa shape index (κ1) is 17.0. The van der Waals surface area contributed by atoms with E-state index in [0.29, 0.717) is 12.3 Å². The van der Waals surface area contributed by atoms with Crippen molar-refractivity contribution in [3.8, 4) is 0 Å². The third-order valence-electron chi connectivity index (χ3n) is 7.40. The minimum Gasteiger partial charge on any atom is -0.459 e. The molecule has 0 bridgehead atoms. The Hall–Kier alpha value is -1.42. The fraction of sp³-hybridized carbons (Fsp3) is 0.667. The molecular weight excluding hydrogens is 319 g/mol. The summed E-state index contributed by atoms with van der Waals surface area (Å²) in [6.45, 7) is 5.70. The minimum absolute atomic E-state index is 0.106. The third-order valence-corrected chi connectivity index (χ3v) is 7.40. The molecule has 2 fully saturated rings. The van der Waals surface area contributed by atoms with Gasteiger partial charge in [0, 0.05) is 17.8 Å². The summed E-state index contributed by atoms with van der Waals surface area (Å²) in [5.74, 6) is 0.464. The first-order chi connectivity index (χ1) is 11.8. The van der Waals surface area contributed by atoms with E-state index >= 15 is 0 Å². The molecule has 25 heavy (non-hydrogen) atoms. The van der Waals surface area contributed by atoms with Gasteiger partial charge in [-0.15, -0.1) is 0 Å². The second kappa shape index (κ2) is 5.54. The summed E-state index contributed by atoms with van der Waals surface area (Å²) >= 11 is 0. The van der Waals surface area contributed by atoms with Gasteiger partial charge < -0.3 is 9.84 Å². The van der Waals surface area contributed by atoms with Crippen LogP contribution in [0, 0.1) is 28.6 Å². The van der Waals surface area contributed by atoms with Crippen LogP contribution < -0.4 is 0 Å². The number of aliphatic hydroxyl groups excluding tert-OH is 1. The molecule has 4 rings (SSSR count). The number of rotatable bonds is 1. The predicted molar refractivity (Wildman–Crippen MR) is 93.4 cm³/mol. The molecule has 0 spiro atoms. The smallest absolute Gasteiger partial charge is 0.303 e. The quantitative estimate of drug-likeness (QED) is 0.581. The summed E-state index contributed by atoms with van der Waals surface area (Å²) in [7, 11) is 0. The number of ether oxygens (including phenoxy) is 1. The largest absolute Gasteiger partial charge is 0.459 e. The summed E-state index contributed by atoms with van der Waals surface area (Å²) in [4.78, 5) is 11.5. The first-order valence-corrected chi connectivity index (χ1v) is 9.35. The lowest BCUT2D eigenvalue weighted by molar-refractivity contribution is -0.159. The van der Waals surface area contributed by atoms with Gasteiger partial charge in [0.15, 0.2) is 0 Å². The molecule has 0 aliphatic heterocycles. The molecule has 3 unspecified atom stereocenters. The van der Waals surface area contributed by atoms with E-state index in [1.165, 1.54) is 12.5 Å². The van der Waals surface area contributed by atoms with E-state index in [1.807, 2.05) is 12.2 Å². The monoisotopic (exact) mass is 346 g/mol. The molecule has 1 N–H and O–H groups in total. The van der Waals surface area contributed by atoms with Crippen LogP contribution in [0.5, 0.6) is 0 Å². The molecule has 0 amide bonds. The molecule has 0 radical (unpaired) electrons. The highest BCUT2D eigenvalue weighted by Crippen LogP contribution is 2.63. The molecule has 4 aliphatic carbocycles. The summed E-state index contributed by atoms with van der Waals surface area (Å²) < 4.78 is 20.2. The molecule has 4 aliphatic rings. The van der Waals surface area contributed by atoms with Crippen molar-refractivity contribution in [1.29, 1.82) is 0 Å². The van der Waals surface area contributed by atoms with E-state index in [9.17, 15) is 14.3 Å². The van der Waals surface area contributed by atoms with Gasteiger partial charge in [0.2, 0.25) is 0 Å². The SMILES string of the molecule is CC(=O)OC1C(F)C[C@H]2[C@@H]3C=CC4=CC(O)C=C[C@]4(C)[C@@H]3CC[C@]12C. The standard InChI is InChI=1S/C21H27FO3/c1-12(23)25-19-18(22)11-17-15-5-4-13-10-14(24)6-8-20(13,2)16(15)7-9-21(17,19)3/h4-6,8,10,14-19,24H,7,9,11H2,1-3H3/t14?,15-,16-,17+,18?,19?,20+,21+/m1/s1. The number of esters is 1. The highest BCUT2D eigenvalue weighted by molar-refractivity contribution is 5.66. The van der Waals surface area contributed by atoms with Crippen LogP contribution in [0.1, 0.15) is 40.0 Å². The van der Waals surface area contributed by atoms with Crippen LogP contribution in [0.25, 0.3) is 0 Å². The highest BCUT2D eigenvalue weighted by atomic mass is 19.1. The van der Waals surface area contributed by atoms with Crippen molar-refractivity contribution in [2.24, 2.45) is 28.6 Å². The topological polar surface area (TPSA) is 46.5 Å². The predicted octanol–water partition coefficient (Wildman–Crippen LogP) is 3.74. The van der Waals surface area contributed by atoms with Crippen LogP contribution >= 0.6 is 0 Å². The Bertz CT molecular complexity index is 681. The number of alkyl halides is 1. The Morgan fingerprint density at radius 1 is 1.32 bits per heavy atom. The average Bonchev–Trinajstić information content (AvgIpc) is 2.79. The van der Waals surface area contributed by atoms with Crippen LogP contribution in [-0.4, -0.2) is 29.5 Å². The van der Waals surface area contributed by atoms with Crippen molar-refractivity contribution in [3.05, 3.63) is 36.0 Å². The van der Waals surface area contributed by atoms with Gasteiger partial charge in [0.1, 0.15) is 12.3 Å². The Kier molecular flexibility index (Phi) is 3.77. The number of allylic oxidation sites excluding steroid dienone is 4. The van der Waals surface area contributed by atoms with Crippen molar-refractivity contribution >= 4 is 5.97 Å². The van der Waals surface area contributed by atoms with Crippen LogP contribution in [0.3, 0.4) is 0 Å². The maximum atomic E-state index is 14.8. The van der Waals surface area contributed by atoms with Crippen molar-refractivity contribution in [2.75, 3.05) is 0 Å². The molecule has 0 aromatic heterocycles. The molecule has 136 valence electrons. The molecule has 4 heteroatoms. The molecular formula is C21H27FO3. The van der Waals surface area contributed by atoms with E-state index in [1.54, 1.807) is 0 Å². The van der Waals surface area contributed by atoms with Crippen LogP contribution in [0.2, 0.25) is 0 Å². The van der Waals surface area contributed by atoms with Gasteiger partial charge in [0.05, 0.1) is 6.10 Å². The highest BCUT2D eigenvalue weighted by Gasteiger charge is 2.62. The fourth-order valence-electron chi connectivity index (χ4n) is 6.08. The Labute approximate surface area is 148 Å². The number of carbonyl (C=O) groups excluding carboxylic acids is 1. The summed E-state index contributed by atoms with van der Waals surface area (Å²) in [6, 6.07) is 0. The number of hydrogen-bond acceptors (Lipinski definition) is 3. The second-order valence-corrected chi connectivity index (χ2v) is 8.73. The fourth-order valence-corrected chi connectivity index (χ4v) is 6.08. The minimum atomic E-state index is -1.08. The number of halogens is 1. The van der Waals surface area contributed by atoms with E-state index in [-0.39, 0.29) is 22.7 Å². The number of aliphatic hydroxyl groups is 1. The van der Waals surface area contributed by atoms with Crippen LogP contribution in [0.15, 0.2) is 36.0 Å². The molecule has 3 nitrogen and oxygen atoms in total. The van der Waals surface area contributed by atoms with Gasteiger partial charge in [0.25, 0.3) is 0 Å². The summed E-state index contributed by atoms with van der Waals surface area (Å²) in [5, 5.41) is 9.91. The zero-order valence-electron chi connectivity index (χ0n) is 15.1. The van der Waals surface area contributed by atoms with Gasteiger partial charge in [-0.1, -0.05) is 38.2 Å². The van der Waals surface area contributed by atoms with Gasteiger partial charge in [-0.05, 0) is 48.7 Å². The van der Waals surface area contributed by atoms with Crippen LogP contribution in [0.4, 0.5) is 4.39 Å². The Balaban J connectivity index is 1.70. The molecule has 0 saturated heterocycles. The maximum Gasteiger partial charge on any atom is 0.303 e. The maximum absolute atomic E-state index is 14.8. The van der Waals surface area contributed by atoms with Crippen LogP contribution in [-0.2, 0) is 9.53 Å². The Morgan fingerprint density at radius 3 is 2.80 bits per heavy atom. The first-order valence-electron chi connectivity index (χ1n) is 9.35. The number of fused-ring (bicyclic) bond motifs is 5. The van der Waals surface area contributed by atoms with E-state index < -0.39 is 24.3 Å². The molecule has 0 aromatic rings. The Morgan fingerprint density at radius 2 is 2.08 bits per heavy atom.